The lowest BCUT2D eigenvalue weighted by Gasteiger charge is -2.25. The molecule has 1 amide bonds. The maximum absolute atomic E-state index is 12.9. The molecule has 7 heteroatoms. The van der Waals surface area contributed by atoms with Crippen LogP contribution >= 0.6 is 22.9 Å². The molecule has 1 atom stereocenters. The lowest BCUT2D eigenvalue weighted by molar-refractivity contribution is -0.128. The van der Waals surface area contributed by atoms with Crippen molar-refractivity contribution in [3.63, 3.8) is 0 Å². The molecule has 162 valence electrons. The Balaban J connectivity index is 1.40. The van der Waals surface area contributed by atoms with E-state index in [4.69, 9.17) is 11.6 Å². The second kappa shape index (κ2) is 9.05. The van der Waals surface area contributed by atoms with Crippen LogP contribution in [0, 0.1) is 6.92 Å². The minimum Gasteiger partial charge on any atom is -0.324 e. The normalized spacial score (nSPS) is 19.0. The van der Waals surface area contributed by atoms with Gasteiger partial charge in [-0.1, -0.05) is 23.7 Å². The van der Waals surface area contributed by atoms with Crippen LogP contribution in [0.4, 0.5) is 0 Å². The van der Waals surface area contributed by atoms with Gasteiger partial charge in [-0.2, -0.15) is 0 Å². The Morgan fingerprint density at radius 1 is 1.26 bits per heavy atom. The van der Waals surface area contributed by atoms with Gasteiger partial charge in [-0.25, -0.2) is 0 Å². The zero-order valence-corrected chi connectivity index (χ0v) is 19.0. The van der Waals surface area contributed by atoms with Gasteiger partial charge in [-0.15, -0.1) is 11.3 Å². The van der Waals surface area contributed by atoms with E-state index in [1.54, 1.807) is 4.90 Å². The minimum absolute atomic E-state index is 0.0395. The van der Waals surface area contributed by atoms with Crippen molar-refractivity contribution in [1.82, 2.24) is 4.90 Å². The van der Waals surface area contributed by atoms with Gasteiger partial charge in [0.25, 0.3) is 5.91 Å². The van der Waals surface area contributed by atoms with Crippen molar-refractivity contribution in [3.8, 4) is 0 Å². The summed E-state index contributed by atoms with van der Waals surface area (Å²) in [7, 11) is 0. The number of hydrogen-bond donors (Lipinski definition) is 0. The van der Waals surface area contributed by atoms with Crippen molar-refractivity contribution in [2.45, 2.75) is 64.5 Å². The molecule has 5 nitrogen and oxygen atoms in total. The molecule has 0 unspecified atom stereocenters. The SMILES string of the molecule is Cc1ccc(CC(=O)CCc2scc3c2CN([C@H]2CCCC(=O)CC2=O)C3=O)cc1Cl. The Labute approximate surface area is 190 Å². The van der Waals surface area contributed by atoms with Crippen LogP contribution in [0.15, 0.2) is 23.6 Å². The second-order valence-electron chi connectivity index (χ2n) is 8.37. The van der Waals surface area contributed by atoms with Gasteiger partial charge in [0.15, 0.2) is 5.78 Å². The highest BCUT2D eigenvalue weighted by atomic mass is 35.5. The van der Waals surface area contributed by atoms with Gasteiger partial charge < -0.3 is 4.90 Å². The van der Waals surface area contributed by atoms with Crippen LogP contribution in [-0.2, 0) is 33.8 Å². The third kappa shape index (κ3) is 4.65. The van der Waals surface area contributed by atoms with Crippen LogP contribution in [0.3, 0.4) is 0 Å². The molecule has 1 fully saturated rings. The Morgan fingerprint density at radius 2 is 2.06 bits per heavy atom. The average molecular weight is 458 g/mol. The molecule has 0 N–H and O–H groups in total. The summed E-state index contributed by atoms with van der Waals surface area (Å²) in [5.41, 5.74) is 3.46. The number of carbonyl (C=O) groups is 4. The summed E-state index contributed by atoms with van der Waals surface area (Å²) in [5, 5.41) is 2.50. The van der Waals surface area contributed by atoms with E-state index in [0.717, 1.165) is 21.6 Å². The highest BCUT2D eigenvalue weighted by Crippen LogP contribution is 2.35. The van der Waals surface area contributed by atoms with Crippen molar-refractivity contribution in [2.24, 2.45) is 0 Å². The molecule has 31 heavy (non-hydrogen) atoms. The van der Waals surface area contributed by atoms with Crippen molar-refractivity contribution < 1.29 is 19.2 Å². The number of thiophene rings is 1. The number of nitrogens with zero attached hydrogens (tertiary/aromatic N) is 1. The molecule has 0 radical (unpaired) electrons. The monoisotopic (exact) mass is 457 g/mol. The number of hydrogen-bond acceptors (Lipinski definition) is 5. The predicted octanol–water partition coefficient (Wildman–Crippen LogP) is 4.49. The van der Waals surface area contributed by atoms with E-state index in [1.807, 2.05) is 30.5 Å². The largest absolute Gasteiger partial charge is 0.324 e. The van der Waals surface area contributed by atoms with E-state index in [-0.39, 0.29) is 29.7 Å². The standard InChI is InChI=1S/C24H24ClNO4S/c1-14-5-6-15(10-20(14)25)9-17(28)7-8-23-18-12-26(24(30)19(18)13-31-23)21-4-2-3-16(27)11-22(21)29/h5-6,10,13,21H,2-4,7-9,11-12H2,1H3/t21-/m0/s1. The van der Waals surface area contributed by atoms with Crippen molar-refractivity contribution in [1.29, 1.82) is 0 Å². The molecule has 0 spiro atoms. The molecule has 0 saturated heterocycles. The first-order chi connectivity index (χ1) is 14.8. The zero-order chi connectivity index (χ0) is 22.1. The molecular formula is C24H24ClNO4S. The molecule has 1 aliphatic carbocycles. The zero-order valence-electron chi connectivity index (χ0n) is 17.4. The summed E-state index contributed by atoms with van der Waals surface area (Å²) in [5.74, 6) is -0.202. The highest BCUT2D eigenvalue weighted by Gasteiger charge is 2.39. The number of fused-ring (bicyclic) bond motifs is 1. The van der Waals surface area contributed by atoms with E-state index in [9.17, 15) is 19.2 Å². The van der Waals surface area contributed by atoms with Crippen molar-refractivity contribution in [2.75, 3.05) is 0 Å². The topological polar surface area (TPSA) is 71.5 Å². The Morgan fingerprint density at radius 3 is 2.84 bits per heavy atom. The van der Waals surface area contributed by atoms with E-state index in [1.165, 1.54) is 11.3 Å². The number of amides is 1. The smallest absolute Gasteiger partial charge is 0.255 e. The third-order valence-corrected chi connectivity index (χ3v) is 7.62. The van der Waals surface area contributed by atoms with Crippen molar-refractivity contribution in [3.05, 3.63) is 55.7 Å². The number of Topliss-reactive ketones (excluding diaryl/α,β-unsaturated/α-hetero) is 3. The minimum atomic E-state index is -0.517. The van der Waals surface area contributed by atoms with Gasteiger partial charge in [-0.05, 0) is 48.9 Å². The number of benzene rings is 1. The Kier molecular flexibility index (Phi) is 6.39. The first kappa shape index (κ1) is 21.9. The maximum atomic E-state index is 12.9. The van der Waals surface area contributed by atoms with Gasteiger partial charge in [0, 0.05) is 41.1 Å². The summed E-state index contributed by atoms with van der Waals surface area (Å²) in [6.45, 7) is 2.32. The Hall–Kier alpha value is -2.31. The van der Waals surface area contributed by atoms with Crippen LogP contribution in [0.25, 0.3) is 0 Å². The third-order valence-electron chi connectivity index (χ3n) is 6.12. The summed E-state index contributed by atoms with van der Waals surface area (Å²) in [4.78, 5) is 52.2. The molecule has 0 bridgehead atoms. The summed E-state index contributed by atoms with van der Waals surface area (Å²) >= 11 is 7.65. The summed E-state index contributed by atoms with van der Waals surface area (Å²) in [6.07, 6.45) is 2.81. The quantitative estimate of drug-likeness (QED) is 0.473. The Bertz CT molecular complexity index is 1070. The van der Waals surface area contributed by atoms with Crippen molar-refractivity contribution >= 4 is 46.2 Å². The number of ketones is 3. The molecule has 1 saturated carbocycles. The number of rotatable bonds is 6. The van der Waals surface area contributed by atoms with Gasteiger partial charge in [0.05, 0.1) is 18.0 Å². The van der Waals surface area contributed by atoms with E-state index in [2.05, 4.69) is 0 Å². The molecule has 2 aliphatic rings. The predicted molar refractivity (Wildman–Crippen MR) is 120 cm³/mol. The molecule has 4 rings (SSSR count). The van der Waals surface area contributed by atoms with Crippen LogP contribution in [-0.4, -0.2) is 34.2 Å². The molecule has 2 aromatic rings. The molecule has 1 aliphatic heterocycles. The van der Waals surface area contributed by atoms with Crippen LogP contribution in [0.2, 0.25) is 5.02 Å². The molecular weight excluding hydrogens is 434 g/mol. The summed E-state index contributed by atoms with van der Waals surface area (Å²) < 4.78 is 0. The molecule has 1 aromatic heterocycles. The fourth-order valence-corrected chi connectivity index (χ4v) is 5.58. The number of carbonyl (C=O) groups excluding carboxylic acids is 4. The number of halogens is 1. The van der Waals surface area contributed by atoms with E-state index >= 15 is 0 Å². The lowest BCUT2D eigenvalue weighted by Crippen LogP contribution is -2.41. The van der Waals surface area contributed by atoms with Gasteiger partial charge in [-0.3, -0.25) is 19.2 Å². The first-order valence-corrected chi connectivity index (χ1v) is 11.8. The van der Waals surface area contributed by atoms with Crippen LogP contribution in [0.5, 0.6) is 0 Å². The fourth-order valence-electron chi connectivity index (χ4n) is 4.33. The van der Waals surface area contributed by atoms with Gasteiger partial charge >= 0.3 is 0 Å². The average Bonchev–Trinajstić information content (AvgIpc) is 3.21. The van der Waals surface area contributed by atoms with Crippen LogP contribution in [0.1, 0.15) is 64.0 Å². The van der Waals surface area contributed by atoms with E-state index < -0.39 is 6.04 Å². The van der Waals surface area contributed by atoms with Crippen LogP contribution < -0.4 is 0 Å². The maximum Gasteiger partial charge on any atom is 0.255 e. The van der Waals surface area contributed by atoms with E-state index in [0.29, 0.717) is 55.7 Å². The first-order valence-electron chi connectivity index (χ1n) is 10.5. The molecule has 1 aromatic carbocycles. The lowest BCUT2D eigenvalue weighted by atomic mass is 10.0. The van der Waals surface area contributed by atoms with Gasteiger partial charge in [0.2, 0.25) is 0 Å². The fraction of sp³-hybridized carbons (Fsp3) is 0.417. The highest BCUT2D eigenvalue weighted by molar-refractivity contribution is 7.10. The second-order valence-corrected chi connectivity index (χ2v) is 9.74. The van der Waals surface area contributed by atoms with Gasteiger partial charge in [0.1, 0.15) is 11.6 Å². The molecule has 2 heterocycles. The summed E-state index contributed by atoms with van der Waals surface area (Å²) in [6, 6.07) is 5.16. The number of aryl methyl sites for hydroxylation is 2.